The minimum absolute atomic E-state index is 0.107. The summed E-state index contributed by atoms with van der Waals surface area (Å²) < 4.78 is 68.7. The molecule has 0 aromatic heterocycles. The molecule has 606 valence electrons. The Morgan fingerprint density at radius 1 is 0.284 bits per heavy atom. The minimum Gasteiger partial charge on any atom is -0.462 e. The van der Waals surface area contributed by atoms with Crippen LogP contribution in [0.25, 0.3) is 0 Å². The zero-order valence-electron chi connectivity index (χ0n) is 66.9. The number of phosphoric ester groups is 2. The van der Waals surface area contributed by atoms with Crippen LogP contribution in [0.2, 0.25) is 0 Å². The fraction of sp³-hybridized carbons (Fsp3) is 0.952. The Balaban J connectivity index is 5.21. The monoisotopic (exact) mass is 1490 g/mol. The molecule has 0 heterocycles. The maximum absolute atomic E-state index is 13.1. The Labute approximate surface area is 626 Å². The lowest BCUT2D eigenvalue weighted by Crippen LogP contribution is -2.30. The first-order chi connectivity index (χ1) is 49.4. The fourth-order valence-electron chi connectivity index (χ4n) is 12.9. The van der Waals surface area contributed by atoms with Crippen molar-refractivity contribution in [2.45, 2.75) is 458 Å². The van der Waals surface area contributed by atoms with Crippen molar-refractivity contribution in [1.82, 2.24) is 0 Å². The molecule has 0 aromatic carbocycles. The van der Waals surface area contributed by atoms with Crippen LogP contribution in [0.1, 0.15) is 440 Å². The zero-order chi connectivity index (χ0) is 74.9. The van der Waals surface area contributed by atoms with Crippen LogP contribution in [0.3, 0.4) is 0 Å². The van der Waals surface area contributed by atoms with Gasteiger partial charge in [0.15, 0.2) is 12.2 Å². The van der Waals surface area contributed by atoms with E-state index < -0.39 is 97.5 Å². The Kier molecular flexibility index (Phi) is 73.1. The van der Waals surface area contributed by atoms with Crippen molar-refractivity contribution in [3.05, 3.63) is 0 Å². The van der Waals surface area contributed by atoms with Gasteiger partial charge in [-0.3, -0.25) is 37.3 Å². The fourth-order valence-corrected chi connectivity index (χ4v) is 14.4. The van der Waals surface area contributed by atoms with Crippen LogP contribution in [0.5, 0.6) is 0 Å². The van der Waals surface area contributed by atoms with E-state index in [4.69, 9.17) is 37.0 Å². The predicted molar refractivity (Wildman–Crippen MR) is 418 cm³/mol. The average Bonchev–Trinajstić information content (AvgIpc) is 0.973. The highest BCUT2D eigenvalue weighted by atomic mass is 31.2. The maximum Gasteiger partial charge on any atom is 0.472 e. The van der Waals surface area contributed by atoms with Gasteiger partial charge in [-0.2, -0.15) is 0 Å². The second-order valence-corrected chi connectivity index (χ2v) is 33.5. The number of unbranched alkanes of at least 4 members (excludes halogenated alkanes) is 51. The van der Waals surface area contributed by atoms with Gasteiger partial charge in [0.1, 0.15) is 19.3 Å². The van der Waals surface area contributed by atoms with Crippen molar-refractivity contribution in [3.63, 3.8) is 0 Å². The molecular formula is C83H162O17P2. The Hall–Kier alpha value is -1.94. The molecule has 0 bridgehead atoms. The summed E-state index contributed by atoms with van der Waals surface area (Å²) in [4.78, 5) is 73.0. The van der Waals surface area contributed by atoms with Gasteiger partial charge in [0.05, 0.1) is 26.4 Å². The smallest absolute Gasteiger partial charge is 0.462 e. The second kappa shape index (κ2) is 74.5. The Morgan fingerprint density at radius 2 is 0.500 bits per heavy atom. The van der Waals surface area contributed by atoms with Crippen LogP contribution in [-0.2, 0) is 65.4 Å². The van der Waals surface area contributed by atoms with Crippen molar-refractivity contribution in [3.8, 4) is 0 Å². The molecular weight excluding hydrogens is 1330 g/mol. The van der Waals surface area contributed by atoms with Gasteiger partial charge in [0, 0.05) is 25.7 Å². The molecule has 0 saturated heterocycles. The average molecular weight is 1490 g/mol. The number of esters is 4. The number of rotatable bonds is 82. The van der Waals surface area contributed by atoms with Gasteiger partial charge >= 0.3 is 39.5 Å². The molecule has 0 aliphatic carbocycles. The highest BCUT2D eigenvalue weighted by Crippen LogP contribution is 2.45. The Bertz CT molecular complexity index is 1960. The van der Waals surface area contributed by atoms with Crippen LogP contribution >= 0.6 is 15.6 Å². The van der Waals surface area contributed by atoms with Crippen molar-refractivity contribution in [2.24, 2.45) is 11.8 Å². The predicted octanol–water partition coefficient (Wildman–Crippen LogP) is 25.1. The van der Waals surface area contributed by atoms with E-state index in [0.717, 1.165) is 102 Å². The third-order valence-corrected chi connectivity index (χ3v) is 21.7. The van der Waals surface area contributed by atoms with Crippen LogP contribution in [-0.4, -0.2) is 96.7 Å². The van der Waals surface area contributed by atoms with E-state index in [9.17, 15) is 43.2 Å². The standard InChI is InChI=1S/C83H162O17P2/c1-7-10-12-14-16-18-19-20-21-22-26-29-32-35-42-48-54-60-66-81(86)94-72-79(99-82(87)67-61-55-49-43-36-33-30-27-24-23-25-28-31-34-40-45-51-57-63-75(4)5)74-98-102(91,92)96-70-77(84)69-95-101(89,90)97-73-78(71-93-80(85)65-59-53-47-39-17-15-13-11-8-2)100-83(88)68-62-56-50-44-38-37-41-46-52-58-64-76(6)9-3/h75-79,84H,7-74H2,1-6H3,(H,89,90)(H,91,92)/t76?,77-,78+,79+/m0/s1. The number of aliphatic hydroxyl groups excluding tert-OH is 1. The summed E-state index contributed by atoms with van der Waals surface area (Å²) in [5.74, 6) is -0.484. The van der Waals surface area contributed by atoms with E-state index >= 15 is 0 Å². The maximum atomic E-state index is 13.1. The summed E-state index contributed by atoms with van der Waals surface area (Å²) >= 11 is 0. The molecule has 102 heavy (non-hydrogen) atoms. The highest BCUT2D eigenvalue weighted by molar-refractivity contribution is 7.47. The molecule has 19 heteroatoms. The molecule has 0 radical (unpaired) electrons. The lowest BCUT2D eigenvalue weighted by molar-refractivity contribution is -0.161. The molecule has 0 aromatic rings. The highest BCUT2D eigenvalue weighted by Gasteiger charge is 2.30. The van der Waals surface area contributed by atoms with Crippen LogP contribution in [0.4, 0.5) is 0 Å². The van der Waals surface area contributed by atoms with Crippen molar-refractivity contribution >= 4 is 39.5 Å². The molecule has 0 spiro atoms. The van der Waals surface area contributed by atoms with Gasteiger partial charge in [-0.1, -0.05) is 388 Å². The van der Waals surface area contributed by atoms with Crippen molar-refractivity contribution in [1.29, 1.82) is 0 Å². The molecule has 0 rings (SSSR count). The van der Waals surface area contributed by atoms with Crippen LogP contribution in [0, 0.1) is 11.8 Å². The van der Waals surface area contributed by atoms with Gasteiger partial charge in [0.2, 0.25) is 0 Å². The van der Waals surface area contributed by atoms with Gasteiger partial charge in [-0.05, 0) is 37.5 Å². The number of carbonyl (C=O) groups is 4. The number of ether oxygens (including phenoxy) is 4. The molecule has 0 fully saturated rings. The number of phosphoric acid groups is 2. The molecule has 0 aliphatic rings. The number of hydrogen-bond donors (Lipinski definition) is 3. The van der Waals surface area contributed by atoms with Crippen molar-refractivity contribution in [2.75, 3.05) is 39.6 Å². The molecule has 3 N–H and O–H groups in total. The third kappa shape index (κ3) is 74.9. The summed E-state index contributed by atoms with van der Waals surface area (Å²) in [7, 11) is -9.92. The third-order valence-electron chi connectivity index (χ3n) is 19.8. The molecule has 0 saturated carbocycles. The zero-order valence-corrected chi connectivity index (χ0v) is 68.7. The van der Waals surface area contributed by atoms with E-state index in [1.165, 1.54) is 257 Å². The van der Waals surface area contributed by atoms with Gasteiger partial charge in [0.25, 0.3) is 0 Å². The quantitative estimate of drug-likeness (QED) is 0.0222. The first kappa shape index (κ1) is 100. The van der Waals surface area contributed by atoms with E-state index in [-0.39, 0.29) is 25.7 Å². The van der Waals surface area contributed by atoms with Crippen LogP contribution < -0.4 is 0 Å². The summed E-state index contributed by atoms with van der Waals surface area (Å²) in [5, 5.41) is 10.6. The first-order valence-corrected chi connectivity index (χ1v) is 46.0. The molecule has 3 unspecified atom stereocenters. The summed E-state index contributed by atoms with van der Waals surface area (Å²) in [6.07, 6.45) is 65.2. The van der Waals surface area contributed by atoms with Gasteiger partial charge in [-0.25, -0.2) is 9.13 Å². The topological polar surface area (TPSA) is 237 Å². The molecule has 0 amide bonds. The lowest BCUT2D eigenvalue weighted by Gasteiger charge is -2.21. The van der Waals surface area contributed by atoms with E-state index in [1.807, 2.05) is 0 Å². The largest absolute Gasteiger partial charge is 0.472 e. The number of aliphatic hydroxyl groups is 1. The van der Waals surface area contributed by atoms with Crippen LogP contribution in [0.15, 0.2) is 0 Å². The number of hydrogen-bond acceptors (Lipinski definition) is 15. The van der Waals surface area contributed by atoms with E-state index in [2.05, 4.69) is 41.5 Å². The van der Waals surface area contributed by atoms with E-state index in [1.54, 1.807) is 0 Å². The summed E-state index contributed by atoms with van der Waals surface area (Å²) in [6, 6.07) is 0. The van der Waals surface area contributed by atoms with Gasteiger partial charge in [-0.15, -0.1) is 0 Å². The number of carbonyl (C=O) groups excluding carboxylic acids is 4. The van der Waals surface area contributed by atoms with Gasteiger partial charge < -0.3 is 33.8 Å². The van der Waals surface area contributed by atoms with Crippen molar-refractivity contribution < 1.29 is 80.2 Å². The normalized spacial score (nSPS) is 14.1. The molecule has 6 atom stereocenters. The summed E-state index contributed by atoms with van der Waals surface area (Å²) in [6.45, 7) is 9.69. The molecule has 0 aliphatic heterocycles. The SMILES string of the molecule is CCCCCCCCCCCCCCCCCCCCC(=O)OC[C@H](COP(=O)(O)OC[C@@H](O)COP(=O)(O)OC[C@@H](COC(=O)CCCCCCCCCCC)OC(=O)CCCCCCCCCCCCC(C)CC)OC(=O)CCCCCCCCCCCCCCCCCCCCC(C)C. The first-order valence-electron chi connectivity index (χ1n) is 43.0. The Morgan fingerprint density at radius 3 is 0.745 bits per heavy atom. The lowest BCUT2D eigenvalue weighted by atomic mass is 9.99. The van der Waals surface area contributed by atoms with E-state index in [0.29, 0.717) is 25.7 Å². The summed E-state index contributed by atoms with van der Waals surface area (Å²) in [5.41, 5.74) is 0. The molecule has 17 nitrogen and oxygen atoms in total. The second-order valence-electron chi connectivity index (χ2n) is 30.6. The minimum atomic E-state index is -4.96.